The van der Waals surface area contributed by atoms with Crippen LogP contribution in [0.15, 0.2) is 47.6 Å². The van der Waals surface area contributed by atoms with Crippen molar-refractivity contribution < 1.29 is 9.57 Å². The van der Waals surface area contributed by atoms with Crippen LogP contribution < -0.4 is 0 Å². The maximum absolute atomic E-state index is 6.13. The Morgan fingerprint density at radius 1 is 1.14 bits per heavy atom. The van der Waals surface area contributed by atoms with E-state index in [1.54, 1.807) is 7.11 Å². The molecule has 4 heteroatoms. The molecule has 0 unspecified atom stereocenters. The number of rotatable bonds is 6. The van der Waals surface area contributed by atoms with Crippen molar-refractivity contribution in [2.45, 2.75) is 27.1 Å². The Kier molecular flexibility index (Phi) is 5.99. The lowest BCUT2D eigenvalue weighted by Crippen LogP contribution is -1.99. The van der Waals surface area contributed by atoms with E-state index in [1.807, 2.05) is 37.3 Å². The highest BCUT2D eigenvalue weighted by atomic mass is 35.5. The number of nitrogens with zero attached hydrogens (tertiary/aromatic N) is 1. The predicted molar refractivity (Wildman–Crippen MR) is 90.3 cm³/mol. The van der Waals surface area contributed by atoms with Gasteiger partial charge in [-0.15, -0.1) is 0 Å². The summed E-state index contributed by atoms with van der Waals surface area (Å²) in [7, 11) is 1.65. The molecule has 0 spiro atoms. The van der Waals surface area contributed by atoms with Gasteiger partial charge < -0.3 is 9.57 Å². The Morgan fingerprint density at radius 2 is 1.95 bits per heavy atom. The summed E-state index contributed by atoms with van der Waals surface area (Å²) in [6.45, 7) is 4.90. The third kappa shape index (κ3) is 4.58. The average molecular weight is 318 g/mol. The van der Waals surface area contributed by atoms with Gasteiger partial charge in [0, 0.05) is 12.1 Å². The van der Waals surface area contributed by atoms with Gasteiger partial charge in [-0.2, -0.15) is 0 Å². The molecule has 0 fully saturated rings. The predicted octanol–water partition coefficient (Wildman–Crippen LogP) is 4.74. The summed E-state index contributed by atoms with van der Waals surface area (Å²) in [6.07, 6.45) is 0. The molecule has 2 aromatic carbocycles. The third-order valence-corrected chi connectivity index (χ3v) is 3.65. The molecule has 3 nitrogen and oxygen atoms in total. The zero-order valence-corrected chi connectivity index (χ0v) is 13.9. The van der Waals surface area contributed by atoms with Gasteiger partial charge in [0.25, 0.3) is 0 Å². The van der Waals surface area contributed by atoms with Crippen LogP contribution in [-0.4, -0.2) is 12.8 Å². The Bertz CT molecular complexity index is 668. The molecule has 22 heavy (non-hydrogen) atoms. The normalized spacial score (nSPS) is 11.5. The molecule has 0 saturated heterocycles. The summed E-state index contributed by atoms with van der Waals surface area (Å²) >= 11 is 6.13. The van der Waals surface area contributed by atoms with Crippen LogP contribution in [0.5, 0.6) is 0 Å². The monoisotopic (exact) mass is 317 g/mol. The van der Waals surface area contributed by atoms with Gasteiger partial charge in [-0.3, -0.25) is 0 Å². The fraction of sp³-hybridized carbons (Fsp3) is 0.278. The molecule has 0 saturated carbocycles. The number of hydrogen-bond acceptors (Lipinski definition) is 3. The van der Waals surface area contributed by atoms with Crippen LogP contribution in [0.25, 0.3) is 0 Å². The number of benzene rings is 2. The Labute approximate surface area is 136 Å². The van der Waals surface area contributed by atoms with Crippen LogP contribution in [0.4, 0.5) is 0 Å². The van der Waals surface area contributed by atoms with Crippen molar-refractivity contribution in [3.05, 3.63) is 69.7 Å². The molecule has 0 radical (unpaired) electrons. The van der Waals surface area contributed by atoms with Crippen LogP contribution >= 0.6 is 11.6 Å². The molecular weight excluding hydrogens is 298 g/mol. The summed E-state index contributed by atoms with van der Waals surface area (Å²) in [5.74, 6) is 0. The molecule has 0 aliphatic heterocycles. The van der Waals surface area contributed by atoms with Crippen molar-refractivity contribution >= 4 is 17.3 Å². The second kappa shape index (κ2) is 7.97. The maximum atomic E-state index is 6.13. The van der Waals surface area contributed by atoms with Crippen LogP contribution in [0, 0.1) is 6.92 Å². The maximum Gasteiger partial charge on any atom is 0.142 e. The van der Waals surface area contributed by atoms with Gasteiger partial charge in [-0.25, -0.2) is 0 Å². The minimum absolute atomic E-state index is 0.456. The van der Waals surface area contributed by atoms with E-state index in [0.717, 1.165) is 22.4 Å². The molecule has 0 aromatic heterocycles. The minimum atomic E-state index is 0.456. The molecule has 0 amide bonds. The van der Waals surface area contributed by atoms with Crippen LogP contribution in [0.3, 0.4) is 0 Å². The molecule has 0 aliphatic carbocycles. The first-order chi connectivity index (χ1) is 10.6. The van der Waals surface area contributed by atoms with Crippen molar-refractivity contribution in [3.8, 4) is 0 Å². The largest absolute Gasteiger partial charge is 0.391 e. The summed E-state index contributed by atoms with van der Waals surface area (Å²) in [5, 5.41) is 4.88. The second-order valence-corrected chi connectivity index (χ2v) is 5.59. The number of ether oxygens (including phenoxy) is 1. The lowest BCUT2D eigenvalue weighted by Gasteiger charge is -2.07. The van der Waals surface area contributed by atoms with Crippen LogP contribution in [0.1, 0.15) is 29.2 Å². The van der Waals surface area contributed by atoms with E-state index in [2.05, 4.69) is 24.2 Å². The fourth-order valence-electron chi connectivity index (χ4n) is 2.12. The first-order valence-corrected chi connectivity index (χ1v) is 7.48. The minimum Gasteiger partial charge on any atom is -0.391 e. The second-order valence-electron chi connectivity index (χ2n) is 5.18. The topological polar surface area (TPSA) is 30.8 Å². The van der Waals surface area contributed by atoms with Crippen molar-refractivity contribution in [2.75, 3.05) is 7.11 Å². The summed E-state index contributed by atoms with van der Waals surface area (Å²) in [6, 6.07) is 13.9. The highest BCUT2D eigenvalue weighted by Gasteiger charge is 2.05. The first-order valence-electron chi connectivity index (χ1n) is 7.10. The van der Waals surface area contributed by atoms with E-state index in [1.165, 1.54) is 5.56 Å². The van der Waals surface area contributed by atoms with Gasteiger partial charge in [0.2, 0.25) is 0 Å². The van der Waals surface area contributed by atoms with Crippen molar-refractivity contribution in [1.29, 1.82) is 0 Å². The molecule has 2 rings (SSSR count). The van der Waals surface area contributed by atoms with E-state index in [9.17, 15) is 0 Å². The van der Waals surface area contributed by atoms with Crippen molar-refractivity contribution in [3.63, 3.8) is 0 Å². The zero-order valence-electron chi connectivity index (χ0n) is 13.1. The summed E-state index contributed by atoms with van der Waals surface area (Å²) < 4.78 is 5.14. The number of aryl methyl sites for hydroxylation is 1. The van der Waals surface area contributed by atoms with Gasteiger partial charge in [-0.05, 0) is 42.7 Å². The number of halogens is 1. The Hall–Kier alpha value is -1.84. The summed E-state index contributed by atoms with van der Waals surface area (Å²) in [4.78, 5) is 5.44. The lowest BCUT2D eigenvalue weighted by molar-refractivity contribution is 0.130. The quantitative estimate of drug-likeness (QED) is 0.569. The van der Waals surface area contributed by atoms with E-state index >= 15 is 0 Å². The lowest BCUT2D eigenvalue weighted by atomic mass is 10.1. The first kappa shape index (κ1) is 16.5. The van der Waals surface area contributed by atoms with Crippen molar-refractivity contribution in [2.24, 2.45) is 5.16 Å². The van der Waals surface area contributed by atoms with Gasteiger partial charge in [0.1, 0.15) is 6.61 Å². The van der Waals surface area contributed by atoms with E-state index < -0.39 is 0 Å². The molecule has 2 aromatic rings. The number of hydrogen-bond donors (Lipinski definition) is 0. The highest BCUT2D eigenvalue weighted by molar-refractivity contribution is 6.31. The van der Waals surface area contributed by atoms with Gasteiger partial charge in [0.05, 0.1) is 12.3 Å². The highest BCUT2D eigenvalue weighted by Crippen LogP contribution is 2.19. The third-order valence-electron chi connectivity index (χ3n) is 3.28. The Balaban J connectivity index is 2.04. The Morgan fingerprint density at radius 3 is 2.68 bits per heavy atom. The van der Waals surface area contributed by atoms with Gasteiger partial charge >= 0.3 is 0 Å². The standard InChI is InChI=1S/C18H20ClNO2/c1-13-5-4-6-15(9-13)11-22-20-14(2)16-7-8-18(19)17(10-16)12-21-3/h4-10H,11-12H2,1-3H3. The average Bonchev–Trinajstić information content (AvgIpc) is 2.49. The van der Waals surface area contributed by atoms with E-state index in [0.29, 0.717) is 18.2 Å². The molecule has 0 N–H and O–H groups in total. The molecule has 0 heterocycles. The fourth-order valence-corrected chi connectivity index (χ4v) is 2.30. The van der Waals surface area contributed by atoms with Crippen LogP contribution in [0.2, 0.25) is 5.02 Å². The molecule has 0 aliphatic rings. The SMILES string of the molecule is COCc1cc(C(C)=NOCc2cccc(C)c2)ccc1Cl. The molecule has 0 bridgehead atoms. The summed E-state index contributed by atoms with van der Waals surface area (Å²) in [5.41, 5.74) is 5.04. The van der Waals surface area contributed by atoms with Crippen LogP contribution in [-0.2, 0) is 22.8 Å². The molecule has 0 atom stereocenters. The smallest absolute Gasteiger partial charge is 0.142 e. The molecular formula is C18H20ClNO2. The number of oxime groups is 1. The van der Waals surface area contributed by atoms with E-state index in [-0.39, 0.29) is 0 Å². The van der Waals surface area contributed by atoms with Crippen molar-refractivity contribution in [1.82, 2.24) is 0 Å². The molecule has 116 valence electrons. The van der Waals surface area contributed by atoms with Gasteiger partial charge in [0.15, 0.2) is 0 Å². The zero-order chi connectivity index (χ0) is 15.9. The number of methoxy groups -OCH3 is 1. The van der Waals surface area contributed by atoms with Gasteiger partial charge in [-0.1, -0.05) is 52.7 Å². The van der Waals surface area contributed by atoms with E-state index in [4.69, 9.17) is 21.2 Å².